The fourth-order valence-electron chi connectivity index (χ4n) is 0.162. The van der Waals surface area contributed by atoms with Crippen LogP contribution in [0.2, 0.25) is 0 Å². The van der Waals surface area contributed by atoms with Crippen molar-refractivity contribution in [2.75, 3.05) is 5.75 Å². The zero-order chi connectivity index (χ0) is 8.69. The molecule has 0 bridgehead atoms. The summed E-state index contributed by atoms with van der Waals surface area (Å²) in [6, 6.07) is 0. The van der Waals surface area contributed by atoms with Crippen molar-refractivity contribution in [3.63, 3.8) is 0 Å². The topological polar surface area (TPSA) is 86.7 Å². The van der Waals surface area contributed by atoms with Crippen LogP contribution in [0.4, 0.5) is 0 Å². The van der Waals surface area contributed by atoms with E-state index in [-0.39, 0.29) is 11.7 Å². The van der Waals surface area contributed by atoms with Gasteiger partial charge in [0.2, 0.25) is 5.91 Å². The molecule has 0 spiro atoms. The summed E-state index contributed by atoms with van der Waals surface area (Å²) in [7, 11) is 0. The van der Waals surface area contributed by atoms with Crippen molar-refractivity contribution in [1.82, 2.24) is 19.2 Å². The number of hydrogen-bond acceptors (Lipinski definition) is 5. The maximum absolute atomic E-state index is 9.51. The summed E-state index contributed by atoms with van der Waals surface area (Å²) in [5, 5.41) is 10.4. The molecule has 1 aromatic rings. The van der Waals surface area contributed by atoms with Gasteiger partial charge < -0.3 is 5.73 Å². The number of thiol groups is 1. The van der Waals surface area contributed by atoms with Crippen LogP contribution in [-0.4, -0.2) is 47.1 Å². The Kier molecular flexibility index (Phi) is 5.81. The third kappa shape index (κ3) is 7.30. The second kappa shape index (κ2) is 6.14. The molecule has 0 aromatic carbocycles. The number of tetrazole rings is 1. The molecule has 0 unspecified atom stereocenters. The van der Waals surface area contributed by atoms with Gasteiger partial charge in [-0.25, -0.2) is 0 Å². The van der Waals surface area contributed by atoms with Gasteiger partial charge in [-0.05, 0) is 0 Å². The van der Waals surface area contributed by atoms with Crippen LogP contribution in [0.1, 0.15) is 0 Å². The number of nitrogens with zero attached hydrogens (tertiary/aromatic N) is 4. The van der Waals surface area contributed by atoms with Crippen molar-refractivity contribution in [3.05, 3.63) is 6.33 Å². The van der Waals surface area contributed by atoms with Crippen LogP contribution < -0.4 is 5.73 Å². The van der Waals surface area contributed by atoms with Crippen molar-refractivity contribution in [1.29, 1.82) is 0 Å². The van der Waals surface area contributed by atoms with E-state index >= 15 is 0 Å². The number of hydrogen-bond donors (Lipinski definition) is 2. The summed E-state index contributed by atoms with van der Waals surface area (Å²) >= 11 is 5.66. The van der Waals surface area contributed by atoms with Crippen LogP contribution in [0.3, 0.4) is 0 Å². The standard InChI is InChI=1S/C2H5NOS.CH2N4Se/c3-2(4)1-5;6-5-3-1-2-4-5/h5H,1H2,(H2,3,4);1,6H. The first kappa shape index (κ1) is 10.4. The average molecular weight is 240 g/mol. The van der Waals surface area contributed by atoms with Crippen molar-refractivity contribution < 1.29 is 4.79 Å². The zero-order valence-corrected chi connectivity index (χ0v) is 8.22. The average Bonchev–Trinajstić information content (AvgIpc) is 2.41. The SMILES string of the molecule is NC(=O)CS.[SeH]n1ncnn1. The van der Waals surface area contributed by atoms with Crippen LogP contribution in [0.25, 0.3) is 0 Å². The molecule has 0 radical (unpaired) electrons. The van der Waals surface area contributed by atoms with Gasteiger partial charge in [0.05, 0.1) is 5.75 Å². The number of carbonyl (C=O) groups excluding carboxylic acids is 1. The molecule has 1 heterocycles. The Morgan fingerprint density at radius 3 is 2.45 bits per heavy atom. The first-order valence-corrected chi connectivity index (χ1v) is 3.95. The van der Waals surface area contributed by atoms with Crippen molar-refractivity contribution in [2.45, 2.75) is 0 Å². The number of amides is 1. The van der Waals surface area contributed by atoms with Crippen molar-refractivity contribution >= 4 is 34.8 Å². The molecule has 0 saturated heterocycles. The summed E-state index contributed by atoms with van der Waals surface area (Å²) < 4.78 is 1.33. The van der Waals surface area contributed by atoms with Gasteiger partial charge in [0.25, 0.3) is 0 Å². The van der Waals surface area contributed by atoms with Gasteiger partial charge in [-0.2, -0.15) is 12.6 Å². The molecule has 2 N–H and O–H groups in total. The first-order valence-electron chi connectivity index (χ1n) is 2.48. The van der Waals surface area contributed by atoms with Gasteiger partial charge in [-0.15, -0.1) is 0 Å². The number of rotatable bonds is 1. The molecule has 0 saturated carbocycles. The molecule has 1 aromatic heterocycles. The molecule has 0 aliphatic carbocycles. The minimum absolute atomic E-state index is 0.139. The molecular formula is C3H7N5OSSe. The van der Waals surface area contributed by atoms with E-state index in [0.29, 0.717) is 0 Å². The van der Waals surface area contributed by atoms with Gasteiger partial charge in [0.1, 0.15) is 0 Å². The van der Waals surface area contributed by atoms with Crippen molar-refractivity contribution in [3.8, 4) is 0 Å². The molecule has 1 amide bonds. The molecule has 0 atom stereocenters. The molecule has 1 rings (SSSR count). The van der Waals surface area contributed by atoms with Gasteiger partial charge in [-0.1, -0.05) is 0 Å². The summed E-state index contributed by atoms with van der Waals surface area (Å²) in [4.78, 5) is 9.51. The molecular weight excluding hydrogens is 233 g/mol. The van der Waals surface area contributed by atoms with Crippen LogP contribution >= 0.6 is 12.6 Å². The first-order chi connectivity index (χ1) is 5.16. The fraction of sp³-hybridized carbons (Fsp3) is 0.333. The second-order valence-corrected chi connectivity index (χ2v) is 2.40. The predicted octanol–water partition coefficient (Wildman–Crippen LogP) is -2.26. The van der Waals surface area contributed by atoms with E-state index < -0.39 is 0 Å². The Balaban J connectivity index is 0.000000187. The van der Waals surface area contributed by atoms with Crippen LogP contribution in [0.5, 0.6) is 0 Å². The Morgan fingerprint density at radius 1 is 1.82 bits per heavy atom. The summed E-state index contributed by atoms with van der Waals surface area (Å²) in [5.41, 5.74) is 4.58. The minimum atomic E-state index is -0.381. The summed E-state index contributed by atoms with van der Waals surface area (Å²) in [6.45, 7) is 0. The molecule has 62 valence electrons. The van der Waals surface area contributed by atoms with E-state index in [1.54, 1.807) is 0 Å². The van der Waals surface area contributed by atoms with E-state index in [9.17, 15) is 4.79 Å². The number of nitrogens with two attached hydrogens (primary N) is 1. The fourth-order valence-corrected chi connectivity index (χ4v) is 0.355. The quantitative estimate of drug-likeness (QED) is 0.428. The maximum atomic E-state index is 9.51. The Bertz CT molecular complexity index is 202. The van der Waals surface area contributed by atoms with Gasteiger partial charge in [0.15, 0.2) is 0 Å². The van der Waals surface area contributed by atoms with Crippen LogP contribution in [0, 0.1) is 0 Å². The normalized spacial score (nSPS) is 8.18. The van der Waals surface area contributed by atoms with Crippen LogP contribution in [-0.2, 0) is 4.79 Å². The van der Waals surface area contributed by atoms with Gasteiger partial charge in [-0.3, -0.25) is 4.79 Å². The summed E-state index contributed by atoms with van der Waals surface area (Å²) in [5.74, 6) is -0.242. The third-order valence-corrected chi connectivity index (χ3v) is 1.19. The predicted molar refractivity (Wildman–Crippen MR) is 43.4 cm³/mol. The van der Waals surface area contributed by atoms with Crippen LogP contribution in [0.15, 0.2) is 6.33 Å². The number of carbonyl (C=O) groups is 1. The van der Waals surface area contributed by atoms with E-state index in [1.807, 2.05) is 0 Å². The van der Waals surface area contributed by atoms with Crippen molar-refractivity contribution in [2.24, 2.45) is 5.73 Å². The molecule has 11 heavy (non-hydrogen) atoms. The molecule has 0 fully saturated rings. The van der Waals surface area contributed by atoms with Gasteiger partial charge >= 0.3 is 41.8 Å². The molecule has 8 heteroatoms. The number of primary amides is 1. The third-order valence-electron chi connectivity index (χ3n) is 0.494. The number of aromatic nitrogens is 4. The second-order valence-electron chi connectivity index (χ2n) is 1.33. The summed E-state index contributed by atoms with van der Waals surface area (Å²) in [6.07, 6.45) is 1.37. The Hall–Kier alpha value is -0.591. The van der Waals surface area contributed by atoms with E-state index in [1.165, 1.54) is 10.1 Å². The Morgan fingerprint density at radius 2 is 2.36 bits per heavy atom. The van der Waals surface area contributed by atoms with E-state index in [0.717, 1.165) is 0 Å². The van der Waals surface area contributed by atoms with E-state index in [4.69, 9.17) is 0 Å². The molecule has 0 aliphatic rings. The van der Waals surface area contributed by atoms with E-state index in [2.05, 4.69) is 50.0 Å². The zero-order valence-electron chi connectivity index (χ0n) is 5.45. The monoisotopic (exact) mass is 241 g/mol. The molecule has 0 aliphatic heterocycles. The molecule has 6 nitrogen and oxygen atoms in total. The van der Waals surface area contributed by atoms with Gasteiger partial charge in [0, 0.05) is 0 Å². The Labute approximate surface area is 77.0 Å².